The molecule has 1 aliphatic rings. The molecule has 1 N–H and O–H groups in total. The van der Waals surface area contributed by atoms with E-state index < -0.39 is 22.5 Å². The highest BCUT2D eigenvalue weighted by Crippen LogP contribution is 2.39. The minimum absolute atomic E-state index is 0.0718. The topological polar surface area (TPSA) is 107 Å². The van der Waals surface area contributed by atoms with Crippen LogP contribution in [0.15, 0.2) is 35.2 Å². The van der Waals surface area contributed by atoms with Crippen LogP contribution in [0.4, 0.5) is 5.69 Å². The zero-order valence-electron chi connectivity index (χ0n) is 11.5. The van der Waals surface area contributed by atoms with E-state index >= 15 is 0 Å². The first kappa shape index (κ1) is 14.5. The fourth-order valence-electron chi connectivity index (χ4n) is 2.58. The highest BCUT2D eigenvalue weighted by molar-refractivity contribution is 7.89. The van der Waals surface area contributed by atoms with Gasteiger partial charge in [-0.1, -0.05) is 12.1 Å². The fourth-order valence-corrected chi connectivity index (χ4v) is 3.75. The Hall–Kier alpha value is -2.45. The van der Waals surface area contributed by atoms with E-state index in [-0.39, 0.29) is 10.8 Å². The summed E-state index contributed by atoms with van der Waals surface area (Å²) < 4.78 is 26.5. The lowest BCUT2D eigenvalue weighted by Crippen LogP contribution is -2.37. The number of sulfonamides is 1. The van der Waals surface area contributed by atoms with Gasteiger partial charge in [-0.15, -0.1) is 0 Å². The van der Waals surface area contributed by atoms with Crippen LogP contribution < -0.4 is 14.7 Å². The van der Waals surface area contributed by atoms with Crippen molar-refractivity contribution in [1.82, 2.24) is 4.72 Å². The van der Waals surface area contributed by atoms with Crippen LogP contribution in [0.5, 0.6) is 0 Å². The Balaban J connectivity index is 2.23. The quantitative estimate of drug-likeness (QED) is 0.814. The summed E-state index contributed by atoms with van der Waals surface area (Å²) in [6, 6.07) is 7.69. The first-order valence-electron chi connectivity index (χ1n) is 6.36. The van der Waals surface area contributed by atoms with E-state index in [9.17, 15) is 23.1 Å². The van der Waals surface area contributed by atoms with Crippen molar-refractivity contribution < 1.29 is 23.1 Å². The second kappa shape index (κ2) is 4.79. The van der Waals surface area contributed by atoms with Gasteiger partial charge in [0, 0.05) is 23.4 Å². The van der Waals surface area contributed by atoms with E-state index in [4.69, 9.17) is 0 Å². The van der Waals surface area contributed by atoms with Gasteiger partial charge in [0.15, 0.2) is 0 Å². The summed E-state index contributed by atoms with van der Waals surface area (Å²) in [5.74, 6) is -1.73. The predicted molar refractivity (Wildman–Crippen MR) is 76.9 cm³/mol. The number of benzene rings is 2. The van der Waals surface area contributed by atoms with Gasteiger partial charge in [-0.25, -0.2) is 13.1 Å². The Kier molecular flexibility index (Phi) is 3.15. The van der Waals surface area contributed by atoms with Crippen LogP contribution in [0.1, 0.15) is 10.4 Å². The molecule has 114 valence electrons. The zero-order valence-corrected chi connectivity index (χ0v) is 12.3. The zero-order chi connectivity index (χ0) is 16.1. The third kappa shape index (κ3) is 2.04. The number of carboxylic acid groups (broad SMARTS) is 1. The van der Waals surface area contributed by atoms with E-state index in [2.05, 4.69) is 0 Å². The number of carbonyl (C=O) groups excluding carboxylic acids is 2. The number of anilines is 1. The molecule has 8 heteroatoms. The average molecular weight is 319 g/mol. The Morgan fingerprint density at radius 1 is 1.27 bits per heavy atom. The highest BCUT2D eigenvalue weighted by atomic mass is 32.2. The molecule has 0 spiro atoms. The number of rotatable bonds is 4. The van der Waals surface area contributed by atoms with Gasteiger partial charge in [0.25, 0.3) is 5.91 Å². The second-order valence-corrected chi connectivity index (χ2v) is 6.61. The van der Waals surface area contributed by atoms with Gasteiger partial charge in [-0.05, 0) is 18.2 Å². The minimum atomic E-state index is -4.02. The smallest absolute Gasteiger partial charge is 0.258 e. The molecule has 0 atom stereocenters. The number of amides is 1. The lowest BCUT2D eigenvalue weighted by molar-refractivity contribution is -0.303. The van der Waals surface area contributed by atoms with Gasteiger partial charge in [0.2, 0.25) is 10.0 Å². The normalized spacial score (nSPS) is 13.9. The molecule has 0 unspecified atom stereocenters. The number of hydrogen-bond acceptors (Lipinski definition) is 5. The molecule has 0 bridgehead atoms. The summed E-state index contributed by atoms with van der Waals surface area (Å²) in [7, 11) is -2.41. The van der Waals surface area contributed by atoms with Gasteiger partial charge in [-0.2, -0.15) is 0 Å². The summed E-state index contributed by atoms with van der Waals surface area (Å²) in [6.45, 7) is -0.815. The van der Waals surface area contributed by atoms with Crippen molar-refractivity contribution in [2.24, 2.45) is 0 Å². The third-order valence-corrected chi connectivity index (χ3v) is 5.03. The maximum atomic E-state index is 12.3. The van der Waals surface area contributed by atoms with Gasteiger partial charge in [-0.3, -0.25) is 4.79 Å². The van der Waals surface area contributed by atoms with E-state index in [1.165, 1.54) is 17.0 Å². The molecule has 0 fully saturated rings. The van der Waals surface area contributed by atoms with Crippen molar-refractivity contribution in [3.8, 4) is 0 Å². The lowest BCUT2D eigenvalue weighted by Gasteiger charge is -2.13. The summed E-state index contributed by atoms with van der Waals surface area (Å²) >= 11 is 0. The van der Waals surface area contributed by atoms with Crippen LogP contribution in [0.2, 0.25) is 0 Å². The largest absolute Gasteiger partial charge is 0.549 e. The van der Waals surface area contributed by atoms with Crippen molar-refractivity contribution in [2.45, 2.75) is 4.90 Å². The second-order valence-electron chi connectivity index (χ2n) is 4.87. The van der Waals surface area contributed by atoms with E-state index in [1.54, 1.807) is 25.2 Å². The molecular formula is C14H11N2O5S-. The highest BCUT2D eigenvalue weighted by Gasteiger charge is 2.29. The van der Waals surface area contributed by atoms with Crippen LogP contribution in [0, 0.1) is 0 Å². The molecule has 1 heterocycles. The number of nitrogens with one attached hydrogen (secondary N) is 1. The standard InChI is InChI=1S/C14H12N2O5S/c1-16-10-5-6-11(22(20,21)15-7-12(17)18)8-3-2-4-9(13(8)10)14(16)19/h2-6,15H,7H2,1H3,(H,17,18)/p-1. The van der Waals surface area contributed by atoms with E-state index in [0.717, 1.165) is 0 Å². The van der Waals surface area contributed by atoms with Crippen molar-refractivity contribution in [2.75, 3.05) is 18.5 Å². The summed E-state index contributed by atoms with van der Waals surface area (Å²) in [6.07, 6.45) is 0. The van der Waals surface area contributed by atoms with Crippen molar-refractivity contribution in [3.05, 3.63) is 35.9 Å². The van der Waals surface area contributed by atoms with Gasteiger partial charge < -0.3 is 14.8 Å². The average Bonchev–Trinajstić information content (AvgIpc) is 2.73. The molecule has 0 aliphatic carbocycles. The van der Waals surface area contributed by atoms with Gasteiger partial charge in [0.1, 0.15) is 0 Å². The molecule has 0 saturated heterocycles. The Morgan fingerprint density at radius 3 is 2.68 bits per heavy atom. The molecule has 2 aromatic carbocycles. The van der Waals surface area contributed by atoms with Gasteiger partial charge >= 0.3 is 0 Å². The summed E-state index contributed by atoms with van der Waals surface area (Å²) in [5.41, 5.74) is 1.04. The Bertz CT molecular complexity index is 920. The molecule has 1 amide bonds. The predicted octanol–water partition coefficient (Wildman–Crippen LogP) is -0.542. The van der Waals surface area contributed by atoms with Crippen molar-refractivity contribution in [1.29, 1.82) is 0 Å². The van der Waals surface area contributed by atoms with E-state index in [1.807, 2.05) is 4.72 Å². The number of hydrogen-bond donors (Lipinski definition) is 1. The number of aliphatic carboxylic acids is 1. The van der Waals surface area contributed by atoms with Crippen LogP contribution in [-0.4, -0.2) is 33.9 Å². The van der Waals surface area contributed by atoms with Crippen molar-refractivity contribution in [3.63, 3.8) is 0 Å². The molecular weight excluding hydrogens is 308 g/mol. The lowest BCUT2D eigenvalue weighted by atomic mass is 10.1. The Labute approximate surface area is 126 Å². The SMILES string of the molecule is CN1C(=O)c2cccc3c(S(=O)(=O)NCC(=O)[O-])ccc1c23. The number of carbonyl (C=O) groups is 2. The molecule has 0 aromatic heterocycles. The van der Waals surface area contributed by atoms with Crippen molar-refractivity contribution >= 4 is 38.4 Å². The number of nitrogens with zero attached hydrogens (tertiary/aromatic N) is 1. The molecule has 0 radical (unpaired) electrons. The first-order valence-corrected chi connectivity index (χ1v) is 7.84. The minimum Gasteiger partial charge on any atom is -0.549 e. The molecule has 7 nitrogen and oxygen atoms in total. The fraction of sp³-hybridized carbons (Fsp3) is 0.143. The maximum Gasteiger partial charge on any atom is 0.258 e. The number of carboxylic acids is 1. The maximum absolute atomic E-state index is 12.3. The first-order chi connectivity index (χ1) is 10.3. The van der Waals surface area contributed by atoms with Gasteiger partial charge in [0.05, 0.1) is 23.1 Å². The molecule has 1 aliphatic heterocycles. The monoisotopic (exact) mass is 319 g/mol. The van der Waals surface area contributed by atoms with Crippen LogP contribution in [-0.2, 0) is 14.8 Å². The summed E-state index contributed by atoms with van der Waals surface area (Å²) in [4.78, 5) is 24.0. The summed E-state index contributed by atoms with van der Waals surface area (Å²) in [5, 5.41) is 11.4. The third-order valence-electron chi connectivity index (χ3n) is 3.57. The van der Waals surface area contributed by atoms with E-state index in [0.29, 0.717) is 22.0 Å². The van der Waals surface area contributed by atoms with Crippen LogP contribution in [0.3, 0.4) is 0 Å². The molecule has 0 saturated carbocycles. The van der Waals surface area contributed by atoms with Crippen LogP contribution >= 0.6 is 0 Å². The molecule has 22 heavy (non-hydrogen) atoms. The Morgan fingerprint density at radius 2 is 2.00 bits per heavy atom. The van der Waals surface area contributed by atoms with Crippen LogP contribution in [0.25, 0.3) is 10.8 Å². The molecule has 2 aromatic rings. The molecule has 3 rings (SSSR count).